The Bertz CT molecular complexity index is 1080. The van der Waals surface area contributed by atoms with Crippen LogP contribution in [-0.4, -0.2) is 17.0 Å². The van der Waals surface area contributed by atoms with Crippen LogP contribution in [0.25, 0.3) is 0 Å². The third-order valence-corrected chi connectivity index (χ3v) is 5.20. The average molecular weight is 426 g/mol. The summed E-state index contributed by atoms with van der Waals surface area (Å²) >= 11 is 7.18. The van der Waals surface area contributed by atoms with Gasteiger partial charge in [0.05, 0.1) is 16.0 Å². The maximum atomic E-state index is 12.0. The molecule has 6 nitrogen and oxygen atoms in total. The first-order chi connectivity index (χ1) is 13.9. The lowest BCUT2D eigenvalue weighted by molar-refractivity contribution is -0.387. The van der Waals surface area contributed by atoms with Crippen LogP contribution in [0.2, 0.25) is 5.02 Å². The molecule has 29 heavy (non-hydrogen) atoms. The third kappa shape index (κ3) is 5.66. The molecule has 0 unspecified atom stereocenters. The number of nitrogens with zero attached hydrogens (tertiary/aromatic N) is 2. The third-order valence-electron chi connectivity index (χ3n) is 3.90. The summed E-state index contributed by atoms with van der Waals surface area (Å²) in [4.78, 5) is 24.5. The number of nitrogens with one attached hydrogen (secondary N) is 1. The maximum absolute atomic E-state index is 12.0. The molecule has 0 saturated carbocycles. The largest absolute Gasteiger partial charge is 0.283 e. The Hall–Kier alpha value is -3.16. The number of rotatable bonds is 6. The van der Waals surface area contributed by atoms with E-state index in [9.17, 15) is 14.9 Å². The number of carbonyl (C=O) groups excluding carboxylic acids is 1. The molecule has 0 atom stereocenters. The van der Waals surface area contributed by atoms with E-state index in [0.717, 1.165) is 10.5 Å². The molecule has 1 N–H and O–H groups in total. The Labute approximate surface area is 176 Å². The monoisotopic (exact) mass is 425 g/mol. The summed E-state index contributed by atoms with van der Waals surface area (Å²) in [6.07, 6.45) is 1.36. The van der Waals surface area contributed by atoms with E-state index >= 15 is 0 Å². The molecule has 0 radical (unpaired) electrons. The first-order valence-electron chi connectivity index (χ1n) is 8.54. The molecule has 0 heterocycles. The summed E-state index contributed by atoms with van der Waals surface area (Å²) in [5.41, 5.74) is 4.34. The van der Waals surface area contributed by atoms with Gasteiger partial charge in [0.1, 0.15) is 0 Å². The normalized spacial score (nSPS) is 10.8. The second kappa shape index (κ2) is 9.36. The number of nitro benzene ring substituents is 1. The van der Waals surface area contributed by atoms with Gasteiger partial charge < -0.3 is 0 Å². The van der Waals surface area contributed by atoms with Crippen molar-refractivity contribution in [3.05, 3.63) is 98.6 Å². The molecule has 146 valence electrons. The molecular weight excluding hydrogens is 410 g/mol. The molecule has 0 aromatic heterocycles. The van der Waals surface area contributed by atoms with Crippen LogP contribution >= 0.6 is 23.4 Å². The highest BCUT2D eigenvalue weighted by molar-refractivity contribution is 7.99. The summed E-state index contributed by atoms with van der Waals surface area (Å²) in [6, 6.07) is 19.0. The number of carbonyl (C=O) groups is 1. The van der Waals surface area contributed by atoms with E-state index in [0.29, 0.717) is 21.0 Å². The molecule has 0 saturated heterocycles. The standard InChI is InChI=1S/C21H16ClN3O3S/c1-14-5-8-18(9-6-14)29-20-10-7-15(11-19(20)25(27)28)13-23-24-21(26)16-3-2-4-17(22)12-16/h2-13H,1H3,(H,24,26)/b23-13-. The van der Waals surface area contributed by atoms with Crippen LogP contribution < -0.4 is 5.43 Å². The number of benzene rings is 3. The Morgan fingerprint density at radius 2 is 1.90 bits per heavy atom. The first-order valence-corrected chi connectivity index (χ1v) is 9.74. The summed E-state index contributed by atoms with van der Waals surface area (Å²) in [7, 11) is 0. The quantitative estimate of drug-likeness (QED) is 0.322. The van der Waals surface area contributed by atoms with Crippen molar-refractivity contribution >= 4 is 41.2 Å². The minimum Gasteiger partial charge on any atom is -0.267 e. The van der Waals surface area contributed by atoms with E-state index in [-0.39, 0.29) is 5.69 Å². The summed E-state index contributed by atoms with van der Waals surface area (Å²) in [6.45, 7) is 1.98. The summed E-state index contributed by atoms with van der Waals surface area (Å²) < 4.78 is 0. The van der Waals surface area contributed by atoms with Gasteiger partial charge in [-0.25, -0.2) is 5.43 Å². The van der Waals surface area contributed by atoms with Gasteiger partial charge in [-0.05, 0) is 43.3 Å². The van der Waals surface area contributed by atoms with Gasteiger partial charge in [0.2, 0.25) is 0 Å². The lowest BCUT2D eigenvalue weighted by atomic mass is 10.2. The fourth-order valence-electron chi connectivity index (χ4n) is 2.44. The Balaban J connectivity index is 1.74. The van der Waals surface area contributed by atoms with Crippen LogP contribution in [0.15, 0.2) is 81.6 Å². The van der Waals surface area contributed by atoms with Crippen molar-refractivity contribution in [1.82, 2.24) is 5.43 Å². The van der Waals surface area contributed by atoms with Gasteiger partial charge in [-0.1, -0.05) is 53.2 Å². The minimum atomic E-state index is -0.432. The number of amides is 1. The lowest BCUT2D eigenvalue weighted by Gasteiger charge is -2.05. The van der Waals surface area contributed by atoms with Gasteiger partial charge >= 0.3 is 0 Å². The first kappa shape index (κ1) is 20.6. The van der Waals surface area contributed by atoms with Crippen LogP contribution in [0.5, 0.6) is 0 Å². The number of halogens is 1. The van der Waals surface area contributed by atoms with Gasteiger partial charge in [0.15, 0.2) is 0 Å². The van der Waals surface area contributed by atoms with Crippen molar-refractivity contribution in [3.63, 3.8) is 0 Å². The number of hydrogen-bond donors (Lipinski definition) is 1. The van der Waals surface area contributed by atoms with Crippen molar-refractivity contribution in [2.24, 2.45) is 5.10 Å². The zero-order valence-corrected chi connectivity index (χ0v) is 16.9. The second-order valence-corrected chi connectivity index (χ2v) is 7.66. The highest BCUT2D eigenvalue weighted by atomic mass is 35.5. The minimum absolute atomic E-state index is 0.0271. The van der Waals surface area contributed by atoms with Gasteiger partial charge in [-0.3, -0.25) is 14.9 Å². The van der Waals surface area contributed by atoms with Crippen LogP contribution in [-0.2, 0) is 0 Å². The number of nitro groups is 1. The maximum Gasteiger partial charge on any atom is 0.283 e. The Morgan fingerprint density at radius 3 is 2.59 bits per heavy atom. The van der Waals surface area contributed by atoms with E-state index in [4.69, 9.17) is 11.6 Å². The predicted molar refractivity (Wildman–Crippen MR) is 115 cm³/mol. The average Bonchev–Trinajstić information content (AvgIpc) is 2.70. The highest BCUT2D eigenvalue weighted by Gasteiger charge is 2.15. The molecule has 3 rings (SSSR count). The van der Waals surface area contributed by atoms with Crippen molar-refractivity contribution in [3.8, 4) is 0 Å². The van der Waals surface area contributed by atoms with Gasteiger partial charge in [-0.15, -0.1) is 0 Å². The molecule has 0 aliphatic rings. The Morgan fingerprint density at radius 1 is 1.14 bits per heavy atom. The summed E-state index contributed by atoms with van der Waals surface area (Å²) in [5.74, 6) is -0.426. The fourth-order valence-corrected chi connectivity index (χ4v) is 3.53. The number of hydrogen-bond acceptors (Lipinski definition) is 5. The fraction of sp³-hybridized carbons (Fsp3) is 0.0476. The zero-order valence-electron chi connectivity index (χ0n) is 15.3. The molecule has 8 heteroatoms. The van der Waals surface area contributed by atoms with Crippen LogP contribution in [0, 0.1) is 17.0 Å². The number of aryl methyl sites for hydroxylation is 1. The lowest BCUT2D eigenvalue weighted by Crippen LogP contribution is -2.17. The van der Waals surface area contributed by atoms with Gasteiger partial charge in [0, 0.05) is 27.1 Å². The van der Waals surface area contributed by atoms with Crippen molar-refractivity contribution in [2.75, 3.05) is 0 Å². The number of hydrazone groups is 1. The van der Waals surface area contributed by atoms with E-state index in [2.05, 4.69) is 10.5 Å². The topological polar surface area (TPSA) is 84.6 Å². The molecule has 0 spiro atoms. The summed E-state index contributed by atoms with van der Waals surface area (Å²) in [5, 5.41) is 15.8. The highest BCUT2D eigenvalue weighted by Crippen LogP contribution is 2.35. The SMILES string of the molecule is Cc1ccc(Sc2ccc(/C=N\NC(=O)c3cccc(Cl)c3)cc2[N+](=O)[O-])cc1. The van der Waals surface area contributed by atoms with E-state index in [1.54, 1.807) is 30.3 Å². The molecule has 0 bridgehead atoms. The Kier molecular flexibility index (Phi) is 6.64. The molecule has 1 amide bonds. The molecule has 3 aromatic rings. The van der Waals surface area contributed by atoms with E-state index < -0.39 is 10.8 Å². The van der Waals surface area contributed by atoms with Gasteiger partial charge in [0.25, 0.3) is 11.6 Å². The van der Waals surface area contributed by atoms with Crippen LogP contribution in [0.4, 0.5) is 5.69 Å². The molecule has 0 aliphatic carbocycles. The second-order valence-electron chi connectivity index (χ2n) is 6.11. The van der Waals surface area contributed by atoms with Crippen LogP contribution in [0.1, 0.15) is 21.5 Å². The van der Waals surface area contributed by atoms with Crippen molar-refractivity contribution in [2.45, 2.75) is 16.7 Å². The molecular formula is C21H16ClN3O3S. The van der Waals surface area contributed by atoms with E-state index in [1.165, 1.54) is 30.1 Å². The van der Waals surface area contributed by atoms with Crippen molar-refractivity contribution in [1.29, 1.82) is 0 Å². The smallest absolute Gasteiger partial charge is 0.267 e. The van der Waals surface area contributed by atoms with E-state index in [1.807, 2.05) is 31.2 Å². The predicted octanol–water partition coefficient (Wildman–Crippen LogP) is 5.47. The molecule has 3 aromatic carbocycles. The zero-order chi connectivity index (χ0) is 20.8. The van der Waals surface area contributed by atoms with Crippen molar-refractivity contribution < 1.29 is 9.72 Å². The molecule has 0 fully saturated rings. The van der Waals surface area contributed by atoms with Gasteiger partial charge in [-0.2, -0.15) is 5.10 Å². The van der Waals surface area contributed by atoms with Crippen LogP contribution in [0.3, 0.4) is 0 Å². The molecule has 0 aliphatic heterocycles.